The van der Waals surface area contributed by atoms with Crippen molar-refractivity contribution in [3.05, 3.63) is 5.69 Å². The lowest BCUT2D eigenvalue weighted by molar-refractivity contribution is 0.446. The van der Waals surface area contributed by atoms with Crippen molar-refractivity contribution in [2.45, 2.75) is 25.0 Å². The van der Waals surface area contributed by atoms with Gasteiger partial charge in [0.05, 0.1) is 5.69 Å². The molecule has 1 aromatic heterocycles. The average Bonchev–Trinajstić information content (AvgIpc) is 2.47. The molecular weight excluding hydrogens is 234 g/mol. The third-order valence-electron chi connectivity index (χ3n) is 2.05. The van der Waals surface area contributed by atoms with Crippen LogP contribution in [0.1, 0.15) is 19.5 Å². The number of aryl methyl sites for hydroxylation is 1. The first kappa shape index (κ1) is 12.4. The standard InChI is InChI=1S/C8H15N3O2S2/c1-4-11(5-2)15(12,13)7-6(3)10-8(9)14-7/h4-5H2,1-3H3,(H2,9,10). The van der Waals surface area contributed by atoms with E-state index in [2.05, 4.69) is 4.98 Å². The Morgan fingerprint density at radius 2 is 1.93 bits per heavy atom. The lowest BCUT2D eigenvalue weighted by Gasteiger charge is -2.17. The van der Waals surface area contributed by atoms with Crippen LogP contribution in [-0.2, 0) is 10.0 Å². The molecule has 7 heteroatoms. The SMILES string of the molecule is CCN(CC)S(=O)(=O)c1sc(N)nc1C. The number of nitrogens with two attached hydrogens (primary N) is 1. The molecule has 0 aliphatic heterocycles. The van der Waals surface area contributed by atoms with E-state index in [9.17, 15) is 8.42 Å². The summed E-state index contributed by atoms with van der Waals surface area (Å²) in [7, 11) is -3.40. The maximum Gasteiger partial charge on any atom is 0.254 e. The van der Waals surface area contributed by atoms with Crippen molar-refractivity contribution >= 4 is 26.5 Å². The second-order valence-corrected chi connectivity index (χ2v) is 6.18. The van der Waals surface area contributed by atoms with E-state index in [0.717, 1.165) is 11.3 Å². The van der Waals surface area contributed by atoms with E-state index in [1.54, 1.807) is 20.8 Å². The number of hydrogen-bond donors (Lipinski definition) is 1. The second-order valence-electron chi connectivity index (χ2n) is 3.01. The molecule has 1 rings (SSSR count). The zero-order valence-corrected chi connectivity index (χ0v) is 10.7. The van der Waals surface area contributed by atoms with Crippen LogP contribution in [0.3, 0.4) is 0 Å². The summed E-state index contributed by atoms with van der Waals surface area (Å²) >= 11 is 1.02. The van der Waals surface area contributed by atoms with Gasteiger partial charge in [0, 0.05) is 13.1 Å². The van der Waals surface area contributed by atoms with Gasteiger partial charge in [-0.3, -0.25) is 0 Å². The Bertz CT molecular complexity index is 435. The summed E-state index contributed by atoms with van der Waals surface area (Å²) in [6.07, 6.45) is 0. The number of hydrogen-bond acceptors (Lipinski definition) is 5. The predicted octanol–water partition coefficient (Wildman–Crippen LogP) is 1.06. The summed E-state index contributed by atoms with van der Waals surface area (Å²) in [6.45, 7) is 6.18. The van der Waals surface area contributed by atoms with Crippen LogP contribution in [0.25, 0.3) is 0 Å². The van der Waals surface area contributed by atoms with Crippen molar-refractivity contribution in [1.29, 1.82) is 0 Å². The highest BCUT2D eigenvalue weighted by Crippen LogP contribution is 2.27. The molecular formula is C8H15N3O2S2. The molecule has 0 spiro atoms. The normalized spacial score (nSPS) is 12.3. The number of nitrogens with zero attached hydrogens (tertiary/aromatic N) is 2. The van der Waals surface area contributed by atoms with E-state index in [0.29, 0.717) is 23.9 Å². The highest BCUT2D eigenvalue weighted by Gasteiger charge is 2.26. The van der Waals surface area contributed by atoms with Gasteiger partial charge in [0.15, 0.2) is 9.34 Å². The maximum atomic E-state index is 12.1. The van der Waals surface area contributed by atoms with Gasteiger partial charge in [-0.2, -0.15) is 4.31 Å². The molecule has 2 N–H and O–H groups in total. The smallest absolute Gasteiger partial charge is 0.254 e. The first-order valence-electron chi connectivity index (χ1n) is 4.66. The van der Waals surface area contributed by atoms with Crippen LogP contribution in [0.15, 0.2) is 4.21 Å². The number of anilines is 1. The Morgan fingerprint density at radius 1 is 1.40 bits per heavy atom. The van der Waals surface area contributed by atoms with Crippen molar-refractivity contribution < 1.29 is 8.42 Å². The highest BCUT2D eigenvalue weighted by atomic mass is 32.2. The van der Waals surface area contributed by atoms with Crippen LogP contribution >= 0.6 is 11.3 Å². The number of aromatic nitrogens is 1. The van der Waals surface area contributed by atoms with Gasteiger partial charge in [-0.15, -0.1) is 0 Å². The van der Waals surface area contributed by atoms with Crippen LogP contribution < -0.4 is 5.73 Å². The third-order valence-corrected chi connectivity index (χ3v) is 5.67. The first-order chi connectivity index (χ1) is 6.93. The Labute approximate surface area is 94.0 Å². The molecule has 0 atom stereocenters. The molecule has 0 radical (unpaired) electrons. The predicted molar refractivity (Wildman–Crippen MR) is 61.4 cm³/mol. The molecule has 0 aliphatic rings. The Hall–Kier alpha value is -0.660. The molecule has 5 nitrogen and oxygen atoms in total. The molecule has 86 valence electrons. The van der Waals surface area contributed by atoms with Gasteiger partial charge in [0.1, 0.15) is 0 Å². The molecule has 0 fully saturated rings. The van der Waals surface area contributed by atoms with Crippen molar-refractivity contribution in [1.82, 2.24) is 9.29 Å². The number of nitrogen functional groups attached to an aromatic ring is 1. The van der Waals surface area contributed by atoms with Crippen LogP contribution in [0.2, 0.25) is 0 Å². The van der Waals surface area contributed by atoms with Gasteiger partial charge in [0.25, 0.3) is 10.0 Å². The monoisotopic (exact) mass is 249 g/mol. The molecule has 0 bridgehead atoms. The molecule has 1 aromatic rings. The van der Waals surface area contributed by atoms with Crippen molar-refractivity contribution in [2.24, 2.45) is 0 Å². The summed E-state index contributed by atoms with van der Waals surface area (Å²) in [4.78, 5) is 3.92. The lowest BCUT2D eigenvalue weighted by atomic mass is 10.6. The van der Waals surface area contributed by atoms with Crippen molar-refractivity contribution in [3.63, 3.8) is 0 Å². The Morgan fingerprint density at radius 3 is 2.27 bits per heavy atom. The molecule has 15 heavy (non-hydrogen) atoms. The van der Waals surface area contributed by atoms with Crippen molar-refractivity contribution in [3.8, 4) is 0 Å². The fourth-order valence-corrected chi connectivity index (χ4v) is 4.22. The minimum atomic E-state index is -3.40. The zero-order valence-electron chi connectivity index (χ0n) is 9.02. The van der Waals surface area contributed by atoms with E-state index < -0.39 is 10.0 Å². The molecule has 0 aliphatic carbocycles. The summed E-state index contributed by atoms with van der Waals surface area (Å²) in [5, 5.41) is 0.290. The largest absolute Gasteiger partial charge is 0.375 e. The first-order valence-corrected chi connectivity index (χ1v) is 6.92. The van der Waals surface area contributed by atoms with Gasteiger partial charge in [0.2, 0.25) is 0 Å². The van der Waals surface area contributed by atoms with Crippen LogP contribution in [-0.4, -0.2) is 30.8 Å². The van der Waals surface area contributed by atoms with E-state index >= 15 is 0 Å². The number of sulfonamides is 1. The lowest BCUT2D eigenvalue weighted by Crippen LogP contribution is -2.30. The van der Waals surface area contributed by atoms with Gasteiger partial charge >= 0.3 is 0 Å². The minimum absolute atomic E-state index is 0.253. The van der Waals surface area contributed by atoms with E-state index in [4.69, 9.17) is 5.73 Å². The van der Waals surface area contributed by atoms with Gasteiger partial charge in [-0.1, -0.05) is 25.2 Å². The number of rotatable bonds is 4. The second kappa shape index (κ2) is 4.46. The summed E-state index contributed by atoms with van der Waals surface area (Å²) in [6, 6.07) is 0. The average molecular weight is 249 g/mol. The fraction of sp³-hybridized carbons (Fsp3) is 0.625. The topological polar surface area (TPSA) is 76.3 Å². The Kier molecular flexibility index (Phi) is 3.69. The van der Waals surface area contributed by atoms with E-state index in [1.807, 2.05) is 0 Å². The van der Waals surface area contributed by atoms with Gasteiger partial charge in [-0.25, -0.2) is 13.4 Å². The van der Waals surface area contributed by atoms with Crippen LogP contribution in [0, 0.1) is 6.92 Å². The van der Waals surface area contributed by atoms with Crippen molar-refractivity contribution in [2.75, 3.05) is 18.8 Å². The van der Waals surface area contributed by atoms with Crippen LogP contribution in [0.4, 0.5) is 5.13 Å². The highest BCUT2D eigenvalue weighted by molar-refractivity contribution is 7.91. The molecule has 0 saturated heterocycles. The molecule has 0 saturated carbocycles. The summed E-state index contributed by atoms with van der Waals surface area (Å²) in [5.74, 6) is 0. The fourth-order valence-electron chi connectivity index (χ4n) is 1.32. The summed E-state index contributed by atoms with van der Waals surface area (Å²) < 4.78 is 25.8. The zero-order chi connectivity index (χ0) is 11.6. The third kappa shape index (κ3) is 2.30. The quantitative estimate of drug-likeness (QED) is 0.865. The maximum absolute atomic E-state index is 12.1. The molecule has 0 aromatic carbocycles. The van der Waals surface area contributed by atoms with E-state index in [1.165, 1.54) is 4.31 Å². The summed E-state index contributed by atoms with van der Waals surface area (Å²) in [5.41, 5.74) is 5.96. The minimum Gasteiger partial charge on any atom is -0.375 e. The van der Waals surface area contributed by atoms with Gasteiger partial charge in [-0.05, 0) is 6.92 Å². The molecule has 0 unspecified atom stereocenters. The molecule has 0 amide bonds. The number of thiazole rings is 1. The molecule has 1 heterocycles. The van der Waals surface area contributed by atoms with Gasteiger partial charge < -0.3 is 5.73 Å². The van der Waals surface area contributed by atoms with E-state index in [-0.39, 0.29) is 4.21 Å². The van der Waals surface area contributed by atoms with Crippen LogP contribution in [0.5, 0.6) is 0 Å². The Balaban J connectivity index is 3.22.